The van der Waals surface area contributed by atoms with Crippen molar-refractivity contribution in [1.29, 1.82) is 0 Å². The average molecular weight is 448 g/mol. The Bertz CT molecular complexity index is 1050. The van der Waals surface area contributed by atoms with Crippen molar-refractivity contribution in [2.75, 3.05) is 27.3 Å². The number of amides is 1. The van der Waals surface area contributed by atoms with E-state index in [1.807, 2.05) is 0 Å². The lowest BCUT2D eigenvalue weighted by Gasteiger charge is -2.30. The number of ether oxygens (including phenoxy) is 2. The van der Waals surface area contributed by atoms with Crippen molar-refractivity contribution < 1.29 is 27.8 Å². The van der Waals surface area contributed by atoms with E-state index < -0.39 is 10.0 Å². The van der Waals surface area contributed by atoms with E-state index in [0.29, 0.717) is 24.3 Å². The van der Waals surface area contributed by atoms with Crippen LogP contribution < -0.4 is 14.9 Å². The van der Waals surface area contributed by atoms with Crippen molar-refractivity contribution >= 4 is 22.1 Å². The molecular weight excluding hydrogens is 422 g/mol. The third-order valence-corrected chi connectivity index (χ3v) is 6.99. The number of methoxy groups -OCH3 is 2. The van der Waals surface area contributed by atoms with Gasteiger partial charge in [-0.1, -0.05) is 0 Å². The minimum absolute atomic E-state index is 0.117. The molecule has 2 N–H and O–H groups in total. The first-order chi connectivity index (χ1) is 14.8. The fourth-order valence-electron chi connectivity index (χ4n) is 3.31. The van der Waals surface area contributed by atoms with Crippen LogP contribution in [-0.4, -0.2) is 57.3 Å². The molecule has 2 aromatic rings. The number of piperidine rings is 1. The second-order valence-corrected chi connectivity index (χ2v) is 8.96. The number of hydrogen-bond acceptors (Lipinski definition) is 7. The van der Waals surface area contributed by atoms with Crippen LogP contribution in [0.5, 0.6) is 17.2 Å². The average Bonchev–Trinajstić information content (AvgIpc) is 2.79. The first-order valence-electron chi connectivity index (χ1n) is 9.69. The monoisotopic (exact) mass is 447 g/mol. The molecule has 1 amide bonds. The van der Waals surface area contributed by atoms with E-state index in [0.717, 1.165) is 5.56 Å². The van der Waals surface area contributed by atoms with E-state index in [2.05, 4.69) is 10.5 Å². The maximum absolute atomic E-state index is 13.0. The number of nitrogens with zero attached hydrogens (tertiary/aromatic N) is 2. The van der Waals surface area contributed by atoms with Crippen LogP contribution in [0.25, 0.3) is 0 Å². The van der Waals surface area contributed by atoms with Gasteiger partial charge in [0.05, 0.1) is 25.3 Å². The lowest BCUT2D eigenvalue weighted by molar-refractivity contribution is -0.126. The van der Waals surface area contributed by atoms with Gasteiger partial charge in [0.25, 0.3) is 0 Å². The zero-order chi connectivity index (χ0) is 22.4. The third kappa shape index (κ3) is 5.33. The van der Waals surface area contributed by atoms with Crippen molar-refractivity contribution in [3.05, 3.63) is 48.0 Å². The van der Waals surface area contributed by atoms with Crippen molar-refractivity contribution in [3.63, 3.8) is 0 Å². The van der Waals surface area contributed by atoms with Crippen LogP contribution in [0, 0.1) is 5.92 Å². The molecule has 0 radical (unpaired) electrons. The van der Waals surface area contributed by atoms with Gasteiger partial charge in [-0.05, 0) is 54.8 Å². The Labute approximate surface area is 181 Å². The second kappa shape index (κ2) is 9.80. The third-order valence-electron chi connectivity index (χ3n) is 5.10. The largest absolute Gasteiger partial charge is 0.508 e. The second-order valence-electron chi connectivity index (χ2n) is 7.02. The number of aromatic hydroxyl groups is 1. The summed E-state index contributed by atoms with van der Waals surface area (Å²) in [6.45, 7) is 0.465. The summed E-state index contributed by atoms with van der Waals surface area (Å²) >= 11 is 0. The van der Waals surface area contributed by atoms with E-state index >= 15 is 0 Å². The van der Waals surface area contributed by atoms with Crippen LogP contribution in [0.3, 0.4) is 0 Å². The normalized spacial score (nSPS) is 15.7. The summed E-state index contributed by atoms with van der Waals surface area (Å²) < 4.78 is 37.7. The quantitative estimate of drug-likeness (QED) is 0.495. The van der Waals surface area contributed by atoms with Crippen LogP contribution >= 0.6 is 0 Å². The van der Waals surface area contributed by atoms with Gasteiger partial charge in [-0.15, -0.1) is 0 Å². The lowest BCUT2D eigenvalue weighted by atomic mass is 9.98. The molecule has 1 heterocycles. The molecule has 0 bridgehead atoms. The number of phenols is 1. The molecular formula is C21H25N3O6S. The minimum atomic E-state index is -3.71. The Hall–Kier alpha value is -3.11. The standard InChI is InChI=1S/C21H25N3O6S/c1-29-19-8-7-18(13-20(19)30-2)31(27,28)24-11-9-16(10-12-24)21(26)23-22-14-15-3-5-17(25)6-4-15/h3-8,13-14,16,25H,9-12H2,1-2H3,(H,23,26)/b22-14-. The highest BCUT2D eigenvalue weighted by molar-refractivity contribution is 7.89. The van der Waals surface area contributed by atoms with Crippen LogP contribution in [-0.2, 0) is 14.8 Å². The number of carbonyl (C=O) groups excluding carboxylic acids is 1. The lowest BCUT2D eigenvalue weighted by Crippen LogP contribution is -2.42. The first-order valence-corrected chi connectivity index (χ1v) is 11.1. The van der Waals surface area contributed by atoms with Gasteiger partial charge in [-0.2, -0.15) is 9.41 Å². The van der Waals surface area contributed by atoms with Gasteiger partial charge in [0.2, 0.25) is 15.9 Å². The number of benzene rings is 2. The smallest absolute Gasteiger partial charge is 0.243 e. The molecule has 1 fully saturated rings. The number of carbonyl (C=O) groups is 1. The summed E-state index contributed by atoms with van der Waals surface area (Å²) in [5.41, 5.74) is 3.23. The molecule has 9 nitrogen and oxygen atoms in total. The molecule has 166 valence electrons. The van der Waals surface area contributed by atoms with Gasteiger partial charge < -0.3 is 14.6 Å². The summed E-state index contributed by atoms with van der Waals surface area (Å²) in [5.74, 6) is 0.358. The van der Waals surface area contributed by atoms with Crippen molar-refractivity contribution in [2.45, 2.75) is 17.7 Å². The molecule has 10 heteroatoms. The molecule has 0 saturated carbocycles. The SMILES string of the molecule is COc1ccc(S(=O)(=O)N2CCC(C(=O)N/N=C\c3ccc(O)cc3)CC2)cc1OC. The fourth-order valence-corrected chi connectivity index (χ4v) is 4.79. The Morgan fingerprint density at radius 2 is 1.74 bits per heavy atom. The van der Waals surface area contributed by atoms with Gasteiger partial charge in [0.15, 0.2) is 11.5 Å². The van der Waals surface area contributed by atoms with Crippen molar-refractivity contribution in [3.8, 4) is 17.2 Å². The Morgan fingerprint density at radius 1 is 1.10 bits per heavy atom. The number of nitrogens with one attached hydrogen (secondary N) is 1. The molecule has 0 atom stereocenters. The summed E-state index contributed by atoms with van der Waals surface area (Å²) in [7, 11) is -0.780. The van der Waals surface area contributed by atoms with Crippen LogP contribution in [0.1, 0.15) is 18.4 Å². The van der Waals surface area contributed by atoms with Crippen LogP contribution in [0.15, 0.2) is 52.5 Å². The zero-order valence-electron chi connectivity index (χ0n) is 17.3. The topological polar surface area (TPSA) is 118 Å². The van der Waals surface area contributed by atoms with Gasteiger partial charge in [0, 0.05) is 25.1 Å². The number of sulfonamides is 1. The molecule has 1 saturated heterocycles. The highest BCUT2D eigenvalue weighted by Gasteiger charge is 2.32. The summed E-state index contributed by atoms with van der Waals surface area (Å²) in [4.78, 5) is 12.5. The van der Waals surface area contributed by atoms with Crippen LogP contribution in [0.4, 0.5) is 0 Å². The van der Waals surface area contributed by atoms with E-state index in [1.165, 1.54) is 49.0 Å². The summed E-state index contributed by atoms with van der Waals surface area (Å²) in [6.07, 6.45) is 2.27. The maximum Gasteiger partial charge on any atom is 0.243 e. The highest BCUT2D eigenvalue weighted by Crippen LogP contribution is 2.32. The molecule has 31 heavy (non-hydrogen) atoms. The maximum atomic E-state index is 13.0. The van der Waals surface area contributed by atoms with E-state index in [4.69, 9.17) is 9.47 Å². The molecule has 0 unspecified atom stereocenters. The van der Waals surface area contributed by atoms with Gasteiger partial charge in [-0.25, -0.2) is 13.8 Å². The number of hydrazone groups is 1. The van der Waals surface area contributed by atoms with Gasteiger partial charge in [0.1, 0.15) is 5.75 Å². The van der Waals surface area contributed by atoms with Crippen molar-refractivity contribution in [2.24, 2.45) is 11.0 Å². The Kier molecular flexibility index (Phi) is 7.13. The molecule has 1 aliphatic heterocycles. The summed E-state index contributed by atoms with van der Waals surface area (Å²) in [6, 6.07) is 10.9. The summed E-state index contributed by atoms with van der Waals surface area (Å²) in [5, 5.41) is 13.2. The first kappa shape index (κ1) is 22.6. The Balaban J connectivity index is 1.58. The number of hydrogen-bond donors (Lipinski definition) is 2. The predicted octanol–water partition coefficient (Wildman–Crippen LogP) is 1.96. The molecule has 2 aromatic carbocycles. The van der Waals surface area contributed by atoms with Crippen LogP contribution in [0.2, 0.25) is 0 Å². The minimum Gasteiger partial charge on any atom is -0.508 e. The fraction of sp³-hybridized carbons (Fsp3) is 0.333. The van der Waals surface area contributed by atoms with Gasteiger partial charge in [-0.3, -0.25) is 4.79 Å². The predicted molar refractivity (Wildman–Crippen MR) is 115 cm³/mol. The highest BCUT2D eigenvalue weighted by atomic mass is 32.2. The molecule has 0 spiro atoms. The van der Waals surface area contributed by atoms with E-state index in [9.17, 15) is 18.3 Å². The molecule has 3 rings (SSSR count). The van der Waals surface area contributed by atoms with E-state index in [1.54, 1.807) is 18.2 Å². The van der Waals surface area contributed by atoms with Gasteiger partial charge >= 0.3 is 0 Å². The number of rotatable bonds is 7. The number of phenolic OH excluding ortho intramolecular Hbond substituents is 1. The van der Waals surface area contributed by atoms with E-state index in [-0.39, 0.29) is 35.6 Å². The van der Waals surface area contributed by atoms with Crippen molar-refractivity contribution in [1.82, 2.24) is 9.73 Å². The molecule has 0 aromatic heterocycles. The molecule has 0 aliphatic carbocycles. The zero-order valence-corrected chi connectivity index (χ0v) is 18.1. The molecule has 1 aliphatic rings. The Morgan fingerprint density at radius 3 is 2.35 bits per heavy atom.